The molecule has 1 aromatic heterocycles. The number of benzene rings is 2. The quantitative estimate of drug-likeness (QED) is 0.623. The second kappa shape index (κ2) is 8.89. The van der Waals surface area contributed by atoms with Gasteiger partial charge in [0.05, 0.1) is 16.9 Å². The second-order valence-corrected chi connectivity index (χ2v) is 7.87. The summed E-state index contributed by atoms with van der Waals surface area (Å²) in [7, 11) is 0. The number of hydrogen-bond acceptors (Lipinski definition) is 2. The van der Waals surface area contributed by atoms with Crippen molar-refractivity contribution in [3.63, 3.8) is 0 Å². The van der Waals surface area contributed by atoms with E-state index >= 15 is 0 Å². The summed E-state index contributed by atoms with van der Waals surface area (Å²) in [6.07, 6.45) is 4.62. The number of rotatable bonds is 4. The van der Waals surface area contributed by atoms with Crippen molar-refractivity contribution in [3.05, 3.63) is 83.1 Å². The zero-order valence-corrected chi connectivity index (χ0v) is 17.3. The highest BCUT2D eigenvalue weighted by atomic mass is 35.5. The lowest BCUT2D eigenvalue weighted by Crippen LogP contribution is -2.41. The van der Waals surface area contributed by atoms with Crippen molar-refractivity contribution >= 4 is 29.1 Å². The number of aromatic nitrogens is 1. The summed E-state index contributed by atoms with van der Waals surface area (Å²) in [5.74, 6) is -2.54. The van der Waals surface area contributed by atoms with E-state index in [1.165, 1.54) is 4.90 Å². The van der Waals surface area contributed by atoms with Crippen molar-refractivity contribution in [2.75, 3.05) is 18.4 Å². The van der Waals surface area contributed by atoms with Gasteiger partial charge in [0, 0.05) is 42.5 Å². The predicted molar refractivity (Wildman–Crippen MR) is 114 cm³/mol. The summed E-state index contributed by atoms with van der Waals surface area (Å²) in [5, 5.41) is 3.52. The third-order valence-corrected chi connectivity index (χ3v) is 5.65. The number of likely N-dealkylation sites (tertiary alicyclic amines) is 1. The van der Waals surface area contributed by atoms with E-state index in [9.17, 15) is 18.4 Å². The number of halogens is 3. The summed E-state index contributed by atoms with van der Waals surface area (Å²) >= 11 is 6.12. The van der Waals surface area contributed by atoms with E-state index in [0.29, 0.717) is 42.7 Å². The SMILES string of the molecule is O=C(Nc1ccc(Cl)cc1-n1cccc1)C1CCN(C(=O)c2ccc(F)cc2F)CC1. The minimum atomic E-state index is -0.884. The van der Waals surface area contributed by atoms with Gasteiger partial charge in [0.2, 0.25) is 5.91 Å². The standard InChI is InChI=1S/C23H20ClF2N3O2/c24-16-3-6-20(21(13-16)28-9-1-2-10-28)27-22(30)15-7-11-29(12-8-15)23(31)18-5-4-17(25)14-19(18)26/h1-6,9-10,13-15H,7-8,11-12H2,(H,27,30). The van der Waals surface area contributed by atoms with Crippen molar-refractivity contribution in [2.45, 2.75) is 12.8 Å². The number of amides is 2. The van der Waals surface area contributed by atoms with Gasteiger partial charge >= 0.3 is 0 Å². The van der Waals surface area contributed by atoms with E-state index in [0.717, 1.165) is 17.8 Å². The highest BCUT2D eigenvalue weighted by Gasteiger charge is 2.29. The molecule has 1 saturated heterocycles. The fourth-order valence-corrected chi connectivity index (χ4v) is 3.90. The Morgan fingerprint density at radius 3 is 2.39 bits per heavy atom. The number of anilines is 1. The van der Waals surface area contributed by atoms with Crippen molar-refractivity contribution < 1.29 is 18.4 Å². The Balaban J connectivity index is 1.41. The van der Waals surface area contributed by atoms with Crippen LogP contribution in [0.25, 0.3) is 5.69 Å². The van der Waals surface area contributed by atoms with Gasteiger partial charge in [-0.3, -0.25) is 9.59 Å². The first-order valence-electron chi connectivity index (χ1n) is 9.90. The Bertz CT molecular complexity index is 1110. The maximum absolute atomic E-state index is 13.9. The Labute approximate surface area is 183 Å². The van der Waals surface area contributed by atoms with Crippen LogP contribution in [-0.4, -0.2) is 34.4 Å². The smallest absolute Gasteiger partial charge is 0.256 e. The van der Waals surface area contributed by atoms with Crippen LogP contribution in [0.2, 0.25) is 5.02 Å². The van der Waals surface area contributed by atoms with Gasteiger partial charge in [-0.1, -0.05) is 11.6 Å². The van der Waals surface area contributed by atoms with Gasteiger partial charge in [0.15, 0.2) is 0 Å². The molecule has 5 nitrogen and oxygen atoms in total. The second-order valence-electron chi connectivity index (χ2n) is 7.43. The topological polar surface area (TPSA) is 54.3 Å². The monoisotopic (exact) mass is 443 g/mol. The molecule has 0 atom stereocenters. The molecule has 2 heterocycles. The molecule has 1 fully saturated rings. The predicted octanol–water partition coefficient (Wildman–Crippen LogP) is 4.90. The Kier molecular flexibility index (Phi) is 6.04. The van der Waals surface area contributed by atoms with Crippen molar-refractivity contribution in [1.82, 2.24) is 9.47 Å². The van der Waals surface area contributed by atoms with E-state index < -0.39 is 17.5 Å². The van der Waals surface area contributed by atoms with Crippen LogP contribution in [0.1, 0.15) is 23.2 Å². The molecule has 2 amide bonds. The van der Waals surface area contributed by atoms with Crippen LogP contribution in [-0.2, 0) is 4.79 Å². The molecule has 1 aliphatic rings. The van der Waals surface area contributed by atoms with E-state index in [1.807, 2.05) is 29.1 Å². The fourth-order valence-electron chi connectivity index (χ4n) is 3.73. The maximum atomic E-state index is 13.9. The number of nitrogens with zero attached hydrogens (tertiary/aromatic N) is 2. The molecule has 0 spiro atoms. The molecule has 2 aromatic carbocycles. The van der Waals surface area contributed by atoms with Gasteiger partial charge in [0.25, 0.3) is 5.91 Å². The molecule has 31 heavy (non-hydrogen) atoms. The summed E-state index contributed by atoms with van der Waals surface area (Å²) < 4.78 is 28.9. The van der Waals surface area contributed by atoms with Crippen LogP contribution < -0.4 is 5.32 Å². The van der Waals surface area contributed by atoms with Crippen molar-refractivity contribution in [2.24, 2.45) is 5.92 Å². The molecule has 1 aliphatic heterocycles. The Morgan fingerprint density at radius 1 is 1.00 bits per heavy atom. The van der Waals surface area contributed by atoms with Gasteiger partial charge in [0.1, 0.15) is 11.6 Å². The maximum Gasteiger partial charge on any atom is 0.256 e. The largest absolute Gasteiger partial charge is 0.339 e. The summed E-state index contributed by atoms with van der Waals surface area (Å²) in [5.41, 5.74) is 1.23. The number of piperidine rings is 1. The van der Waals surface area contributed by atoms with Gasteiger partial charge in [-0.25, -0.2) is 8.78 Å². The molecule has 0 bridgehead atoms. The van der Waals surface area contributed by atoms with Gasteiger partial charge in [-0.2, -0.15) is 0 Å². The van der Waals surface area contributed by atoms with E-state index in [2.05, 4.69) is 5.32 Å². The molecule has 160 valence electrons. The molecule has 0 aliphatic carbocycles. The zero-order valence-electron chi connectivity index (χ0n) is 16.5. The summed E-state index contributed by atoms with van der Waals surface area (Å²) in [6.45, 7) is 0.637. The highest BCUT2D eigenvalue weighted by molar-refractivity contribution is 6.31. The molecule has 0 saturated carbocycles. The first-order chi connectivity index (χ1) is 14.9. The van der Waals surface area contributed by atoms with Crippen LogP contribution in [0.15, 0.2) is 60.9 Å². The normalized spacial score (nSPS) is 14.5. The summed E-state index contributed by atoms with van der Waals surface area (Å²) in [4.78, 5) is 26.9. The van der Waals surface area contributed by atoms with Crippen LogP contribution in [0.4, 0.5) is 14.5 Å². The third kappa shape index (κ3) is 4.61. The molecule has 4 rings (SSSR count). The minimum Gasteiger partial charge on any atom is -0.339 e. The lowest BCUT2D eigenvalue weighted by molar-refractivity contribution is -0.121. The zero-order chi connectivity index (χ0) is 22.0. The molecule has 0 unspecified atom stereocenters. The first-order valence-corrected chi connectivity index (χ1v) is 10.3. The molecular weight excluding hydrogens is 424 g/mol. The minimum absolute atomic E-state index is 0.143. The Morgan fingerprint density at radius 2 is 1.71 bits per heavy atom. The van der Waals surface area contributed by atoms with Crippen LogP contribution in [0, 0.1) is 17.6 Å². The van der Waals surface area contributed by atoms with E-state index in [-0.39, 0.29) is 17.4 Å². The van der Waals surface area contributed by atoms with E-state index in [4.69, 9.17) is 11.6 Å². The number of hydrogen-bond donors (Lipinski definition) is 1. The van der Waals surface area contributed by atoms with Gasteiger partial charge in [-0.15, -0.1) is 0 Å². The molecule has 8 heteroatoms. The molecular formula is C23H20ClF2N3O2. The molecule has 3 aromatic rings. The number of carbonyl (C=O) groups excluding carboxylic acids is 2. The lowest BCUT2D eigenvalue weighted by Gasteiger charge is -2.31. The van der Waals surface area contributed by atoms with Crippen LogP contribution in [0.5, 0.6) is 0 Å². The Hall–Kier alpha value is -3.19. The molecule has 1 N–H and O–H groups in total. The van der Waals surface area contributed by atoms with Gasteiger partial charge in [-0.05, 0) is 55.3 Å². The van der Waals surface area contributed by atoms with Gasteiger partial charge < -0.3 is 14.8 Å². The highest BCUT2D eigenvalue weighted by Crippen LogP contribution is 2.27. The average Bonchev–Trinajstić information content (AvgIpc) is 3.29. The number of nitrogens with one attached hydrogen (secondary N) is 1. The van der Waals surface area contributed by atoms with Crippen LogP contribution >= 0.6 is 11.6 Å². The molecule has 0 radical (unpaired) electrons. The lowest BCUT2D eigenvalue weighted by atomic mass is 9.95. The summed E-state index contributed by atoms with van der Waals surface area (Å²) in [6, 6.07) is 11.9. The first kappa shape index (κ1) is 21.1. The van der Waals surface area contributed by atoms with Crippen LogP contribution in [0.3, 0.4) is 0 Å². The number of carbonyl (C=O) groups is 2. The fraction of sp³-hybridized carbons (Fsp3) is 0.217. The van der Waals surface area contributed by atoms with Crippen molar-refractivity contribution in [1.29, 1.82) is 0 Å². The average molecular weight is 444 g/mol. The third-order valence-electron chi connectivity index (χ3n) is 5.41. The van der Waals surface area contributed by atoms with Crippen molar-refractivity contribution in [3.8, 4) is 5.69 Å². The van der Waals surface area contributed by atoms with E-state index in [1.54, 1.807) is 18.2 Å².